The highest BCUT2D eigenvalue weighted by Crippen LogP contribution is 2.34. The fourth-order valence-electron chi connectivity index (χ4n) is 3.46. The van der Waals surface area contributed by atoms with Gasteiger partial charge in [-0.25, -0.2) is 4.79 Å². The second-order valence-corrected chi connectivity index (χ2v) is 6.46. The molecule has 2 aliphatic rings. The number of carboxylic acid groups (broad SMARTS) is 1. The van der Waals surface area contributed by atoms with Crippen LogP contribution >= 0.6 is 0 Å². The highest BCUT2D eigenvalue weighted by molar-refractivity contribution is 5.87. The molecule has 0 bridgehead atoms. The summed E-state index contributed by atoms with van der Waals surface area (Å²) in [7, 11) is 0. The topological polar surface area (TPSA) is 75.6 Å². The molecule has 1 atom stereocenters. The second-order valence-electron chi connectivity index (χ2n) is 6.46. The minimum Gasteiger partial charge on any atom is -0.480 e. The number of carboxylic acids is 1. The summed E-state index contributed by atoms with van der Waals surface area (Å²) < 4.78 is 5.50. The SMILES string of the molecule is CCC1CCC(NC(=O)CCC2CCCO2)(C(=O)O)CC1. The number of amides is 1. The van der Waals surface area contributed by atoms with Gasteiger partial charge in [-0.1, -0.05) is 13.3 Å². The van der Waals surface area contributed by atoms with E-state index in [1.807, 2.05) is 0 Å². The molecule has 2 N–H and O–H groups in total. The summed E-state index contributed by atoms with van der Waals surface area (Å²) >= 11 is 0. The van der Waals surface area contributed by atoms with E-state index in [0.717, 1.165) is 38.7 Å². The number of nitrogens with one attached hydrogen (secondary N) is 1. The van der Waals surface area contributed by atoms with E-state index in [4.69, 9.17) is 4.74 Å². The Kier molecular flexibility index (Phi) is 5.62. The van der Waals surface area contributed by atoms with E-state index in [-0.39, 0.29) is 12.0 Å². The van der Waals surface area contributed by atoms with Crippen LogP contribution in [0.1, 0.15) is 64.7 Å². The number of rotatable bonds is 6. The van der Waals surface area contributed by atoms with Crippen molar-refractivity contribution in [1.29, 1.82) is 0 Å². The fourth-order valence-corrected chi connectivity index (χ4v) is 3.46. The zero-order valence-corrected chi connectivity index (χ0v) is 12.9. The summed E-state index contributed by atoms with van der Waals surface area (Å²) in [5.74, 6) is -0.438. The van der Waals surface area contributed by atoms with Crippen molar-refractivity contribution in [2.75, 3.05) is 6.61 Å². The third kappa shape index (κ3) is 4.19. The molecule has 0 spiro atoms. The summed E-state index contributed by atoms with van der Waals surface area (Å²) in [4.78, 5) is 23.7. The normalized spacial score (nSPS) is 32.8. The lowest BCUT2D eigenvalue weighted by Gasteiger charge is -2.37. The molecule has 1 heterocycles. The lowest BCUT2D eigenvalue weighted by molar-refractivity contribution is -0.149. The summed E-state index contributed by atoms with van der Waals surface area (Å²) in [5, 5.41) is 12.3. The molecule has 120 valence electrons. The van der Waals surface area contributed by atoms with Crippen molar-refractivity contribution in [2.24, 2.45) is 5.92 Å². The Morgan fingerprint density at radius 2 is 2.00 bits per heavy atom. The van der Waals surface area contributed by atoms with Gasteiger partial charge in [0.25, 0.3) is 0 Å². The molecular formula is C16H27NO4. The van der Waals surface area contributed by atoms with Crippen LogP contribution in [0.2, 0.25) is 0 Å². The molecular weight excluding hydrogens is 270 g/mol. The second kappa shape index (κ2) is 7.25. The van der Waals surface area contributed by atoms with Gasteiger partial charge in [0, 0.05) is 13.0 Å². The highest BCUT2D eigenvalue weighted by atomic mass is 16.5. The number of ether oxygens (including phenoxy) is 1. The third-order valence-corrected chi connectivity index (χ3v) is 5.04. The molecule has 1 saturated carbocycles. The number of carbonyl (C=O) groups excluding carboxylic acids is 1. The summed E-state index contributed by atoms with van der Waals surface area (Å²) in [6.45, 7) is 2.92. The Bertz CT molecular complexity index is 368. The van der Waals surface area contributed by atoms with Crippen LogP contribution in [-0.2, 0) is 14.3 Å². The Hall–Kier alpha value is -1.10. The van der Waals surface area contributed by atoms with Crippen molar-refractivity contribution >= 4 is 11.9 Å². The average molecular weight is 297 g/mol. The van der Waals surface area contributed by atoms with Crippen molar-refractivity contribution in [3.05, 3.63) is 0 Å². The lowest BCUT2D eigenvalue weighted by atomic mass is 9.75. The maximum Gasteiger partial charge on any atom is 0.329 e. The van der Waals surface area contributed by atoms with E-state index >= 15 is 0 Å². The van der Waals surface area contributed by atoms with Gasteiger partial charge in [-0.15, -0.1) is 0 Å². The smallest absolute Gasteiger partial charge is 0.329 e. The molecule has 0 aromatic heterocycles. The molecule has 1 amide bonds. The fraction of sp³-hybridized carbons (Fsp3) is 0.875. The summed E-state index contributed by atoms with van der Waals surface area (Å²) in [6.07, 6.45) is 7.24. The van der Waals surface area contributed by atoms with Gasteiger partial charge in [-0.05, 0) is 50.9 Å². The van der Waals surface area contributed by atoms with Crippen LogP contribution in [0.4, 0.5) is 0 Å². The van der Waals surface area contributed by atoms with Crippen LogP contribution in [-0.4, -0.2) is 35.2 Å². The molecule has 5 nitrogen and oxygen atoms in total. The van der Waals surface area contributed by atoms with Gasteiger partial charge in [0.15, 0.2) is 0 Å². The van der Waals surface area contributed by atoms with Crippen LogP contribution in [0, 0.1) is 5.92 Å². The first-order valence-electron chi connectivity index (χ1n) is 8.22. The first-order valence-corrected chi connectivity index (χ1v) is 8.22. The first kappa shape index (κ1) is 16.3. The molecule has 0 aromatic rings. The largest absolute Gasteiger partial charge is 0.480 e. The molecule has 2 rings (SSSR count). The van der Waals surface area contributed by atoms with Crippen molar-refractivity contribution in [3.63, 3.8) is 0 Å². The van der Waals surface area contributed by atoms with Gasteiger partial charge in [-0.3, -0.25) is 4.79 Å². The van der Waals surface area contributed by atoms with Gasteiger partial charge in [0.05, 0.1) is 6.10 Å². The molecule has 0 aromatic carbocycles. The highest BCUT2D eigenvalue weighted by Gasteiger charge is 2.42. The van der Waals surface area contributed by atoms with E-state index in [1.54, 1.807) is 0 Å². The third-order valence-electron chi connectivity index (χ3n) is 5.04. The maximum atomic E-state index is 12.1. The van der Waals surface area contributed by atoms with E-state index in [2.05, 4.69) is 12.2 Å². The lowest BCUT2D eigenvalue weighted by Crippen LogP contribution is -2.56. The molecule has 1 aliphatic heterocycles. The predicted molar refractivity (Wildman–Crippen MR) is 79.0 cm³/mol. The number of hydrogen-bond acceptors (Lipinski definition) is 3. The molecule has 5 heteroatoms. The maximum absolute atomic E-state index is 12.1. The van der Waals surface area contributed by atoms with E-state index < -0.39 is 11.5 Å². The van der Waals surface area contributed by atoms with Crippen LogP contribution in [0.15, 0.2) is 0 Å². The summed E-state index contributed by atoms with van der Waals surface area (Å²) in [6, 6.07) is 0. The van der Waals surface area contributed by atoms with Crippen LogP contribution in [0.25, 0.3) is 0 Å². The van der Waals surface area contributed by atoms with E-state index in [0.29, 0.717) is 31.6 Å². The van der Waals surface area contributed by atoms with Crippen LogP contribution in [0.3, 0.4) is 0 Å². The Morgan fingerprint density at radius 1 is 1.29 bits per heavy atom. The van der Waals surface area contributed by atoms with Crippen LogP contribution in [0.5, 0.6) is 0 Å². The minimum absolute atomic E-state index is 0.150. The van der Waals surface area contributed by atoms with Crippen molar-refractivity contribution in [2.45, 2.75) is 76.4 Å². The molecule has 0 radical (unpaired) electrons. The van der Waals surface area contributed by atoms with Gasteiger partial charge in [0.2, 0.25) is 5.91 Å². The Morgan fingerprint density at radius 3 is 2.52 bits per heavy atom. The zero-order chi connectivity index (χ0) is 15.3. The van der Waals surface area contributed by atoms with Crippen molar-refractivity contribution in [3.8, 4) is 0 Å². The van der Waals surface area contributed by atoms with Crippen molar-refractivity contribution in [1.82, 2.24) is 5.32 Å². The molecule has 1 saturated heterocycles. The van der Waals surface area contributed by atoms with Gasteiger partial charge in [0.1, 0.15) is 5.54 Å². The minimum atomic E-state index is -1.04. The van der Waals surface area contributed by atoms with Gasteiger partial charge < -0.3 is 15.2 Å². The standard InChI is InChI=1S/C16H27NO4/c1-2-12-7-9-16(10-8-12,15(19)20)17-14(18)6-5-13-4-3-11-21-13/h12-13H,2-11H2,1H3,(H,17,18)(H,19,20). The monoisotopic (exact) mass is 297 g/mol. The Balaban J connectivity index is 1.84. The van der Waals surface area contributed by atoms with Crippen LogP contribution < -0.4 is 5.32 Å². The molecule has 21 heavy (non-hydrogen) atoms. The number of hydrogen-bond donors (Lipinski definition) is 2. The van der Waals surface area contributed by atoms with Gasteiger partial charge >= 0.3 is 5.97 Å². The molecule has 1 unspecified atom stereocenters. The predicted octanol–water partition coefficient (Wildman–Crippen LogP) is 2.49. The number of carbonyl (C=O) groups is 2. The van der Waals surface area contributed by atoms with E-state index in [1.165, 1.54) is 0 Å². The van der Waals surface area contributed by atoms with Gasteiger partial charge in [-0.2, -0.15) is 0 Å². The van der Waals surface area contributed by atoms with E-state index in [9.17, 15) is 14.7 Å². The zero-order valence-electron chi connectivity index (χ0n) is 12.9. The average Bonchev–Trinajstić information content (AvgIpc) is 2.99. The quantitative estimate of drug-likeness (QED) is 0.789. The molecule has 1 aliphatic carbocycles. The summed E-state index contributed by atoms with van der Waals surface area (Å²) in [5.41, 5.74) is -1.04. The Labute approximate surface area is 126 Å². The molecule has 2 fully saturated rings. The number of aliphatic carboxylic acids is 1. The van der Waals surface area contributed by atoms with Crippen molar-refractivity contribution < 1.29 is 19.4 Å². The first-order chi connectivity index (χ1) is 10.1.